The molecule has 5 heteroatoms. The molecule has 1 fully saturated rings. The number of amides is 1. The summed E-state index contributed by atoms with van der Waals surface area (Å²) >= 11 is 1.65. The Morgan fingerprint density at radius 3 is 2.94 bits per heavy atom. The van der Waals surface area contributed by atoms with Gasteiger partial charge in [-0.05, 0) is 16.8 Å². The monoisotopic (exact) mass is 245 g/mol. The Kier molecular flexibility index (Phi) is 2.33. The lowest BCUT2D eigenvalue weighted by atomic mass is 10.1. The van der Waals surface area contributed by atoms with Gasteiger partial charge in [-0.2, -0.15) is 0 Å². The first-order valence-electron chi connectivity index (χ1n) is 5.30. The maximum Gasteiger partial charge on any atom is 0.253 e. The number of nitrogens with zero attached hydrogens (tertiary/aromatic N) is 1. The van der Waals surface area contributed by atoms with Gasteiger partial charge in [0.05, 0.1) is 0 Å². The quantitative estimate of drug-likeness (QED) is 0.802. The number of thiophene rings is 1. The number of carbonyl (C=O) groups is 1. The maximum absolute atomic E-state index is 11.8. The number of hydrogen-bond acceptors (Lipinski definition) is 3. The zero-order valence-electron chi connectivity index (χ0n) is 9.23. The zero-order chi connectivity index (χ0) is 11.8. The van der Waals surface area contributed by atoms with Gasteiger partial charge in [0.15, 0.2) is 5.96 Å². The van der Waals surface area contributed by atoms with Gasteiger partial charge < -0.3 is 5.32 Å². The van der Waals surface area contributed by atoms with Crippen LogP contribution in [0.4, 0.5) is 0 Å². The zero-order valence-corrected chi connectivity index (χ0v) is 10.0. The molecule has 2 N–H and O–H groups in total. The summed E-state index contributed by atoms with van der Waals surface area (Å²) in [5.41, 5.74) is 1.02. The first-order chi connectivity index (χ1) is 8.29. The molecule has 4 nitrogen and oxygen atoms in total. The molecular weight excluding hydrogens is 234 g/mol. The third kappa shape index (κ3) is 1.59. The summed E-state index contributed by atoms with van der Waals surface area (Å²) in [6.07, 6.45) is 0. The van der Waals surface area contributed by atoms with E-state index in [0.29, 0.717) is 5.96 Å². The third-order valence-corrected chi connectivity index (χ3v) is 3.81. The molecule has 0 bridgehead atoms. The van der Waals surface area contributed by atoms with Crippen molar-refractivity contribution in [3.8, 4) is 0 Å². The first kappa shape index (κ1) is 10.3. The standard InChI is InChI=1S/C12H11N3OS/c1-13-12-14-10(11(16)15-12)8-6-17-9-5-3-2-4-7(8)9/h2-6,10H,1H3,(H2,13,14,15,16). The van der Waals surface area contributed by atoms with Crippen molar-refractivity contribution in [3.63, 3.8) is 0 Å². The lowest BCUT2D eigenvalue weighted by Gasteiger charge is -2.06. The van der Waals surface area contributed by atoms with Crippen LogP contribution in [0.5, 0.6) is 0 Å². The van der Waals surface area contributed by atoms with Crippen LogP contribution in [0, 0.1) is 0 Å². The molecule has 3 rings (SSSR count). The van der Waals surface area contributed by atoms with Crippen molar-refractivity contribution < 1.29 is 4.79 Å². The minimum atomic E-state index is -0.329. The van der Waals surface area contributed by atoms with E-state index in [-0.39, 0.29) is 11.9 Å². The highest BCUT2D eigenvalue weighted by atomic mass is 32.1. The van der Waals surface area contributed by atoms with E-state index in [0.717, 1.165) is 10.9 Å². The lowest BCUT2D eigenvalue weighted by Crippen LogP contribution is -2.24. The van der Waals surface area contributed by atoms with E-state index in [2.05, 4.69) is 21.7 Å². The average molecular weight is 245 g/mol. The topological polar surface area (TPSA) is 53.5 Å². The normalized spacial score (nSPS) is 21.8. The number of fused-ring (bicyclic) bond motifs is 1. The summed E-state index contributed by atoms with van der Waals surface area (Å²) in [5, 5.41) is 8.95. The molecule has 0 spiro atoms. The van der Waals surface area contributed by atoms with Crippen molar-refractivity contribution in [1.29, 1.82) is 0 Å². The molecular formula is C12H11N3OS. The Hall–Kier alpha value is -1.88. The second kappa shape index (κ2) is 3.85. The molecule has 1 atom stereocenters. The van der Waals surface area contributed by atoms with Crippen molar-refractivity contribution >= 4 is 33.3 Å². The molecule has 17 heavy (non-hydrogen) atoms. The highest BCUT2D eigenvalue weighted by molar-refractivity contribution is 7.17. The van der Waals surface area contributed by atoms with Crippen molar-refractivity contribution in [3.05, 3.63) is 35.2 Å². The number of rotatable bonds is 1. The summed E-state index contributed by atoms with van der Waals surface area (Å²) in [4.78, 5) is 15.8. The van der Waals surface area contributed by atoms with Crippen molar-refractivity contribution in [2.45, 2.75) is 6.04 Å². The number of guanidine groups is 1. The fourth-order valence-electron chi connectivity index (χ4n) is 1.99. The molecule has 0 aliphatic carbocycles. The Bertz CT molecular complexity index is 617. The van der Waals surface area contributed by atoms with Crippen LogP contribution in [0.1, 0.15) is 11.6 Å². The van der Waals surface area contributed by atoms with E-state index in [9.17, 15) is 4.79 Å². The van der Waals surface area contributed by atoms with E-state index < -0.39 is 0 Å². The minimum absolute atomic E-state index is 0.0471. The number of carbonyl (C=O) groups excluding carboxylic acids is 1. The van der Waals surface area contributed by atoms with Crippen LogP contribution in [0.25, 0.3) is 10.1 Å². The molecule has 1 aromatic carbocycles. The summed E-state index contributed by atoms with van der Waals surface area (Å²) in [5.74, 6) is 0.490. The van der Waals surface area contributed by atoms with E-state index in [1.165, 1.54) is 4.70 Å². The fourth-order valence-corrected chi connectivity index (χ4v) is 2.98. The number of benzene rings is 1. The second-order valence-corrected chi connectivity index (χ2v) is 4.74. The smallest absolute Gasteiger partial charge is 0.253 e. The molecule has 1 amide bonds. The Morgan fingerprint density at radius 1 is 1.35 bits per heavy atom. The van der Waals surface area contributed by atoms with Crippen molar-refractivity contribution in [2.24, 2.45) is 4.99 Å². The second-order valence-electron chi connectivity index (χ2n) is 3.83. The molecule has 0 radical (unpaired) electrons. The predicted molar refractivity (Wildman–Crippen MR) is 69.2 cm³/mol. The number of nitrogens with one attached hydrogen (secondary N) is 2. The van der Waals surface area contributed by atoms with Gasteiger partial charge >= 0.3 is 0 Å². The van der Waals surface area contributed by atoms with Gasteiger partial charge in [0.25, 0.3) is 5.91 Å². The number of aliphatic imine (C=N–C) groups is 1. The molecule has 0 saturated carbocycles. The predicted octanol–water partition coefficient (Wildman–Crippen LogP) is 1.65. The van der Waals surface area contributed by atoms with Crippen LogP contribution in [-0.2, 0) is 4.79 Å². The van der Waals surface area contributed by atoms with Gasteiger partial charge in [-0.1, -0.05) is 18.2 Å². The Balaban J connectivity index is 2.08. The molecule has 1 aliphatic heterocycles. The summed E-state index contributed by atoms with van der Waals surface area (Å²) in [7, 11) is 1.65. The maximum atomic E-state index is 11.8. The van der Waals surface area contributed by atoms with Crippen LogP contribution in [0.3, 0.4) is 0 Å². The summed E-state index contributed by atoms with van der Waals surface area (Å²) in [6, 6.07) is 7.76. The van der Waals surface area contributed by atoms with Crippen molar-refractivity contribution in [1.82, 2.24) is 10.6 Å². The molecule has 1 aromatic heterocycles. The van der Waals surface area contributed by atoms with E-state index in [4.69, 9.17) is 0 Å². The van der Waals surface area contributed by atoms with Gasteiger partial charge in [0.2, 0.25) is 0 Å². The largest absolute Gasteiger partial charge is 0.340 e. The Morgan fingerprint density at radius 2 is 2.18 bits per heavy atom. The molecule has 1 aliphatic rings. The van der Waals surface area contributed by atoms with Crippen molar-refractivity contribution in [2.75, 3.05) is 7.05 Å². The highest BCUT2D eigenvalue weighted by Gasteiger charge is 2.30. The van der Waals surface area contributed by atoms with E-state index in [1.54, 1.807) is 18.4 Å². The molecule has 2 heterocycles. The highest BCUT2D eigenvalue weighted by Crippen LogP contribution is 2.31. The molecule has 2 aromatic rings. The Labute approximate surface area is 102 Å². The molecule has 1 unspecified atom stereocenters. The van der Waals surface area contributed by atoms with Gasteiger partial charge in [-0.25, -0.2) is 0 Å². The fraction of sp³-hybridized carbons (Fsp3) is 0.167. The molecule has 1 saturated heterocycles. The first-order valence-corrected chi connectivity index (χ1v) is 6.18. The molecule has 86 valence electrons. The van der Waals surface area contributed by atoms with Crippen LogP contribution in [0.2, 0.25) is 0 Å². The van der Waals surface area contributed by atoms with Gasteiger partial charge in [-0.15, -0.1) is 11.3 Å². The summed E-state index contributed by atoms with van der Waals surface area (Å²) < 4.78 is 1.19. The van der Waals surface area contributed by atoms with Crippen LogP contribution >= 0.6 is 11.3 Å². The SMILES string of the molecule is CN=C1NC(=O)C(c2csc3ccccc23)N1. The van der Waals surface area contributed by atoms with Crippen LogP contribution in [0.15, 0.2) is 34.6 Å². The van der Waals surface area contributed by atoms with E-state index >= 15 is 0 Å². The van der Waals surface area contributed by atoms with Gasteiger partial charge in [0.1, 0.15) is 6.04 Å². The van der Waals surface area contributed by atoms with E-state index in [1.807, 2.05) is 23.6 Å². The van der Waals surface area contributed by atoms with Crippen LogP contribution < -0.4 is 10.6 Å². The minimum Gasteiger partial charge on any atom is -0.340 e. The summed E-state index contributed by atoms with van der Waals surface area (Å²) in [6.45, 7) is 0. The number of hydrogen-bond donors (Lipinski definition) is 2. The van der Waals surface area contributed by atoms with Gasteiger partial charge in [0, 0.05) is 17.3 Å². The lowest BCUT2D eigenvalue weighted by molar-refractivity contribution is -0.120. The third-order valence-electron chi connectivity index (χ3n) is 2.83. The van der Waals surface area contributed by atoms with Gasteiger partial charge in [-0.3, -0.25) is 15.1 Å². The average Bonchev–Trinajstić information content (AvgIpc) is 2.92. The van der Waals surface area contributed by atoms with Crippen LogP contribution in [-0.4, -0.2) is 18.9 Å².